The van der Waals surface area contributed by atoms with E-state index < -0.39 is 32.1 Å². The molecule has 0 saturated heterocycles. The second-order valence-corrected chi connectivity index (χ2v) is 7.20. The summed E-state index contributed by atoms with van der Waals surface area (Å²) in [4.78, 5) is 10.9. The molecule has 0 aromatic heterocycles. The maximum absolute atomic E-state index is 13.2. The zero-order chi connectivity index (χ0) is 14.1. The van der Waals surface area contributed by atoms with Crippen LogP contribution in [0, 0.1) is 5.82 Å². The molecular formula is C11H12ClFO4S. The summed E-state index contributed by atoms with van der Waals surface area (Å²) in [6.45, 7) is 2.16. The summed E-state index contributed by atoms with van der Waals surface area (Å²) in [5.74, 6) is -2.82. The summed E-state index contributed by atoms with van der Waals surface area (Å²) in [5, 5.41) is 8.59. The molecule has 1 aromatic rings. The molecule has 0 amide bonds. The molecule has 0 aliphatic carbocycles. The van der Waals surface area contributed by atoms with Crippen LogP contribution in [0.2, 0.25) is 5.02 Å². The highest BCUT2D eigenvalue weighted by Gasteiger charge is 2.42. The number of sulfone groups is 1. The van der Waals surface area contributed by atoms with Crippen molar-refractivity contribution in [1.29, 1.82) is 0 Å². The molecule has 0 spiro atoms. The number of benzene rings is 1. The average molecular weight is 295 g/mol. The molecule has 1 N–H and O–H groups in total. The number of rotatable bonds is 4. The molecule has 1 aromatic carbocycles. The molecule has 0 heterocycles. The molecule has 0 fully saturated rings. The number of hydrogen-bond donors (Lipinski definition) is 1. The molecule has 0 radical (unpaired) electrons. The van der Waals surface area contributed by atoms with Gasteiger partial charge in [-0.15, -0.1) is 0 Å². The predicted octanol–water partition coefficient (Wildman–Crippen LogP) is 2.26. The summed E-state index contributed by atoms with van der Waals surface area (Å²) in [5.41, 5.74) is 0.0472. The van der Waals surface area contributed by atoms with Crippen LogP contribution in [0.15, 0.2) is 18.2 Å². The van der Waals surface area contributed by atoms with Crippen molar-refractivity contribution in [3.8, 4) is 0 Å². The number of carbonyl (C=O) groups is 1. The summed E-state index contributed by atoms with van der Waals surface area (Å²) in [7, 11) is -4.00. The molecule has 1 rings (SSSR count). The van der Waals surface area contributed by atoms with Crippen LogP contribution < -0.4 is 0 Å². The van der Waals surface area contributed by atoms with Crippen molar-refractivity contribution in [2.24, 2.45) is 0 Å². The summed E-state index contributed by atoms with van der Waals surface area (Å²) in [6, 6.07) is 3.77. The first-order valence-corrected chi connectivity index (χ1v) is 7.01. The van der Waals surface area contributed by atoms with Gasteiger partial charge in [0.15, 0.2) is 14.6 Å². The molecule has 0 bridgehead atoms. The van der Waals surface area contributed by atoms with E-state index in [-0.39, 0.29) is 10.6 Å². The Bertz CT molecular complexity index is 581. The molecule has 0 saturated carbocycles. The van der Waals surface area contributed by atoms with Gasteiger partial charge in [0.25, 0.3) is 0 Å². The molecule has 100 valence electrons. The molecule has 0 aliphatic rings. The standard InChI is InChI=1S/C11H12ClFO4S/c1-11(2,10(14)15)18(16,17)6-7-4-3-5-8(13)9(7)12/h3-5H,6H2,1-2H3,(H,14,15). The van der Waals surface area contributed by atoms with E-state index in [0.29, 0.717) is 0 Å². The first-order valence-electron chi connectivity index (χ1n) is 4.98. The van der Waals surface area contributed by atoms with Gasteiger partial charge in [-0.05, 0) is 25.5 Å². The van der Waals surface area contributed by atoms with Crippen molar-refractivity contribution in [2.75, 3.05) is 0 Å². The van der Waals surface area contributed by atoms with E-state index in [9.17, 15) is 17.6 Å². The third-order valence-corrected chi connectivity index (χ3v) is 5.51. The van der Waals surface area contributed by atoms with Crippen molar-refractivity contribution in [3.05, 3.63) is 34.6 Å². The maximum atomic E-state index is 13.2. The fraction of sp³-hybridized carbons (Fsp3) is 0.364. The Labute approximate surface area is 109 Å². The van der Waals surface area contributed by atoms with Gasteiger partial charge in [-0.1, -0.05) is 23.7 Å². The average Bonchev–Trinajstić information content (AvgIpc) is 2.24. The van der Waals surface area contributed by atoms with Crippen LogP contribution in [-0.2, 0) is 20.4 Å². The minimum absolute atomic E-state index is 0.0472. The minimum atomic E-state index is -4.00. The Morgan fingerprint density at radius 2 is 2.00 bits per heavy atom. The van der Waals surface area contributed by atoms with E-state index in [4.69, 9.17) is 16.7 Å². The maximum Gasteiger partial charge on any atom is 0.324 e. The van der Waals surface area contributed by atoms with Gasteiger partial charge in [0.2, 0.25) is 0 Å². The number of carboxylic acid groups (broad SMARTS) is 1. The molecular weight excluding hydrogens is 283 g/mol. The Balaban J connectivity index is 3.19. The topological polar surface area (TPSA) is 71.4 Å². The van der Waals surface area contributed by atoms with Crippen molar-refractivity contribution >= 4 is 27.4 Å². The van der Waals surface area contributed by atoms with E-state index in [0.717, 1.165) is 19.9 Å². The van der Waals surface area contributed by atoms with Crippen molar-refractivity contribution in [3.63, 3.8) is 0 Å². The lowest BCUT2D eigenvalue weighted by Crippen LogP contribution is -2.41. The van der Waals surface area contributed by atoms with Crippen molar-refractivity contribution in [1.82, 2.24) is 0 Å². The Morgan fingerprint density at radius 1 is 1.44 bits per heavy atom. The normalized spacial score (nSPS) is 12.4. The van der Waals surface area contributed by atoms with Gasteiger partial charge in [0, 0.05) is 0 Å². The van der Waals surface area contributed by atoms with E-state index in [1.54, 1.807) is 0 Å². The van der Waals surface area contributed by atoms with E-state index >= 15 is 0 Å². The van der Waals surface area contributed by atoms with Crippen LogP contribution in [0.4, 0.5) is 4.39 Å². The quantitative estimate of drug-likeness (QED) is 0.924. The first-order chi connectivity index (χ1) is 8.09. The van der Waals surface area contributed by atoms with Gasteiger partial charge in [0.1, 0.15) is 5.82 Å². The molecule has 18 heavy (non-hydrogen) atoms. The second-order valence-electron chi connectivity index (χ2n) is 4.29. The third kappa shape index (κ3) is 2.64. The Kier molecular flexibility index (Phi) is 4.02. The van der Waals surface area contributed by atoms with Gasteiger partial charge in [-0.3, -0.25) is 4.79 Å². The largest absolute Gasteiger partial charge is 0.480 e. The fourth-order valence-corrected chi connectivity index (χ4v) is 2.73. The monoisotopic (exact) mass is 294 g/mol. The van der Waals surface area contributed by atoms with Gasteiger partial charge in [0.05, 0.1) is 10.8 Å². The molecule has 4 nitrogen and oxygen atoms in total. The number of carboxylic acids is 1. The highest BCUT2D eigenvalue weighted by atomic mass is 35.5. The first kappa shape index (κ1) is 14.9. The van der Waals surface area contributed by atoms with Crippen LogP contribution in [-0.4, -0.2) is 24.2 Å². The summed E-state index contributed by atoms with van der Waals surface area (Å²) >= 11 is 5.64. The van der Waals surface area contributed by atoms with Crippen molar-refractivity contribution < 1.29 is 22.7 Å². The molecule has 0 unspecified atom stereocenters. The predicted molar refractivity (Wildman–Crippen MR) is 65.7 cm³/mol. The number of halogens is 2. The Hall–Kier alpha value is -1.14. The molecule has 7 heteroatoms. The minimum Gasteiger partial charge on any atom is -0.480 e. The van der Waals surface area contributed by atoms with E-state index in [1.807, 2.05) is 0 Å². The van der Waals surface area contributed by atoms with E-state index in [1.165, 1.54) is 12.1 Å². The van der Waals surface area contributed by atoms with Crippen LogP contribution >= 0.6 is 11.6 Å². The number of aliphatic carboxylic acids is 1. The highest BCUT2D eigenvalue weighted by Crippen LogP contribution is 2.26. The zero-order valence-electron chi connectivity index (χ0n) is 9.78. The highest BCUT2D eigenvalue weighted by molar-refractivity contribution is 7.92. The van der Waals surface area contributed by atoms with Crippen LogP contribution in [0.5, 0.6) is 0 Å². The molecule has 0 aliphatic heterocycles. The van der Waals surface area contributed by atoms with Gasteiger partial charge >= 0.3 is 5.97 Å². The SMILES string of the molecule is CC(C)(C(=O)O)S(=O)(=O)Cc1cccc(F)c1Cl. The fourth-order valence-electron chi connectivity index (χ4n) is 1.18. The van der Waals surface area contributed by atoms with Crippen LogP contribution in [0.3, 0.4) is 0 Å². The van der Waals surface area contributed by atoms with Crippen LogP contribution in [0.1, 0.15) is 19.4 Å². The zero-order valence-corrected chi connectivity index (χ0v) is 11.3. The van der Waals surface area contributed by atoms with Crippen molar-refractivity contribution in [2.45, 2.75) is 24.3 Å². The molecule has 0 atom stereocenters. The third-order valence-electron chi connectivity index (χ3n) is 2.67. The lowest BCUT2D eigenvalue weighted by atomic mass is 10.2. The summed E-state index contributed by atoms with van der Waals surface area (Å²) < 4.78 is 35.1. The Morgan fingerprint density at radius 3 is 2.50 bits per heavy atom. The lowest BCUT2D eigenvalue weighted by Gasteiger charge is -2.20. The summed E-state index contributed by atoms with van der Waals surface area (Å²) in [6.07, 6.45) is 0. The van der Waals surface area contributed by atoms with Gasteiger partial charge < -0.3 is 5.11 Å². The lowest BCUT2D eigenvalue weighted by molar-refractivity contribution is -0.139. The smallest absolute Gasteiger partial charge is 0.324 e. The second kappa shape index (κ2) is 4.85. The number of hydrogen-bond acceptors (Lipinski definition) is 3. The van der Waals surface area contributed by atoms with Crippen LogP contribution in [0.25, 0.3) is 0 Å². The van der Waals surface area contributed by atoms with Gasteiger partial charge in [-0.25, -0.2) is 12.8 Å². The van der Waals surface area contributed by atoms with E-state index in [2.05, 4.69) is 0 Å². The van der Waals surface area contributed by atoms with Gasteiger partial charge in [-0.2, -0.15) is 0 Å².